The van der Waals surface area contributed by atoms with Gasteiger partial charge in [-0.25, -0.2) is 4.39 Å². The Kier molecular flexibility index (Phi) is 3.15. The van der Waals surface area contributed by atoms with Crippen molar-refractivity contribution >= 4 is 6.08 Å². The maximum Gasteiger partial charge on any atom is 0.144 e. The Morgan fingerprint density at radius 1 is 1.62 bits per heavy atom. The Bertz CT molecular complexity index is 364. The van der Waals surface area contributed by atoms with Crippen LogP contribution in [-0.2, 0) is 0 Å². The molecule has 1 aromatic rings. The Hall–Kier alpha value is -1.69. The summed E-state index contributed by atoms with van der Waals surface area (Å²) < 4.78 is 12.7. The van der Waals surface area contributed by atoms with Crippen LogP contribution in [0.15, 0.2) is 18.2 Å². The first-order valence-electron chi connectivity index (χ1n) is 3.90. The third kappa shape index (κ3) is 2.68. The number of allylic oxidation sites excluding steroid dienone is 1. The summed E-state index contributed by atoms with van der Waals surface area (Å²) in [5.41, 5.74) is 1.05. The van der Waals surface area contributed by atoms with Crippen molar-refractivity contribution < 1.29 is 4.39 Å². The predicted molar refractivity (Wildman–Crippen MR) is 48.2 cm³/mol. The van der Waals surface area contributed by atoms with E-state index in [4.69, 9.17) is 5.26 Å². The molecule has 13 heavy (non-hydrogen) atoms. The van der Waals surface area contributed by atoms with Gasteiger partial charge in [0.2, 0.25) is 0 Å². The van der Waals surface area contributed by atoms with E-state index >= 15 is 0 Å². The standard InChI is InChI=1S/C10H9FN2/c1-8-10(11)6-5-9(13-8)4-2-3-7-12/h2,4-6H,3H2,1H3. The zero-order valence-corrected chi connectivity index (χ0v) is 7.29. The van der Waals surface area contributed by atoms with Gasteiger partial charge in [0.15, 0.2) is 0 Å². The second kappa shape index (κ2) is 4.36. The van der Waals surface area contributed by atoms with E-state index in [2.05, 4.69) is 4.98 Å². The summed E-state index contributed by atoms with van der Waals surface area (Å²) in [7, 11) is 0. The summed E-state index contributed by atoms with van der Waals surface area (Å²) in [5.74, 6) is -0.308. The van der Waals surface area contributed by atoms with Gasteiger partial charge in [0.05, 0.1) is 23.9 Å². The van der Waals surface area contributed by atoms with Gasteiger partial charge in [-0.2, -0.15) is 5.26 Å². The largest absolute Gasteiger partial charge is 0.251 e. The molecular formula is C10H9FN2. The molecule has 0 aromatic carbocycles. The molecule has 3 heteroatoms. The van der Waals surface area contributed by atoms with Crippen molar-refractivity contribution in [1.82, 2.24) is 4.98 Å². The second-order valence-corrected chi connectivity index (χ2v) is 2.57. The van der Waals surface area contributed by atoms with Gasteiger partial charge in [-0.1, -0.05) is 6.08 Å². The van der Waals surface area contributed by atoms with Crippen molar-refractivity contribution in [1.29, 1.82) is 5.26 Å². The summed E-state index contributed by atoms with van der Waals surface area (Å²) in [6.07, 6.45) is 3.74. The Morgan fingerprint density at radius 2 is 2.38 bits per heavy atom. The number of nitrogens with zero attached hydrogens (tertiary/aromatic N) is 2. The molecule has 0 radical (unpaired) electrons. The molecule has 0 aliphatic heterocycles. The van der Waals surface area contributed by atoms with Crippen molar-refractivity contribution in [3.63, 3.8) is 0 Å². The smallest absolute Gasteiger partial charge is 0.144 e. The number of aromatic nitrogens is 1. The highest BCUT2D eigenvalue weighted by Gasteiger charge is 1.96. The van der Waals surface area contributed by atoms with Crippen LogP contribution in [0.2, 0.25) is 0 Å². The molecule has 0 bridgehead atoms. The van der Waals surface area contributed by atoms with Crippen LogP contribution >= 0.6 is 0 Å². The minimum Gasteiger partial charge on any atom is -0.251 e. The van der Waals surface area contributed by atoms with E-state index in [1.807, 2.05) is 6.07 Å². The van der Waals surface area contributed by atoms with Crippen molar-refractivity contribution in [2.45, 2.75) is 13.3 Å². The van der Waals surface area contributed by atoms with Crippen LogP contribution in [0.3, 0.4) is 0 Å². The maximum absolute atomic E-state index is 12.7. The van der Waals surface area contributed by atoms with Crippen molar-refractivity contribution in [3.8, 4) is 6.07 Å². The fraction of sp³-hybridized carbons (Fsp3) is 0.200. The molecule has 0 unspecified atom stereocenters. The lowest BCUT2D eigenvalue weighted by atomic mass is 10.2. The summed E-state index contributed by atoms with van der Waals surface area (Å²) >= 11 is 0. The Labute approximate surface area is 76.3 Å². The summed E-state index contributed by atoms with van der Waals surface area (Å²) in [5, 5.41) is 8.26. The number of hydrogen-bond acceptors (Lipinski definition) is 2. The van der Waals surface area contributed by atoms with Gasteiger partial charge in [0, 0.05) is 0 Å². The minimum absolute atomic E-state index is 0.308. The molecule has 1 rings (SSSR count). The Morgan fingerprint density at radius 3 is 3.00 bits per heavy atom. The number of pyridine rings is 1. The normalized spacial score (nSPS) is 10.2. The van der Waals surface area contributed by atoms with Crippen LogP contribution in [0.4, 0.5) is 4.39 Å². The SMILES string of the molecule is Cc1nc(C=CCC#N)ccc1F. The average Bonchev–Trinajstić information content (AvgIpc) is 2.12. The van der Waals surface area contributed by atoms with E-state index in [-0.39, 0.29) is 5.82 Å². The van der Waals surface area contributed by atoms with E-state index in [1.165, 1.54) is 6.07 Å². The number of halogens is 1. The number of nitriles is 1. The minimum atomic E-state index is -0.308. The van der Waals surface area contributed by atoms with Gasteiger partial charge >= 0.3 is 0 Å². The lowest BCUT2D eigenvalue weighted by molar-refractivity contribution is 0.609. The molecule has 2 nitrogen and oxygen atoms in total. The highest BCUT2D eigenvalue weighted by molar-refractivity contribution is 5.44. The molecule has 1 aromatic heterocycles. The van der Waals surface area contributed by atoms with Gasteiger partial charge in [-0.05, 0) is 25.1 Å². The predicted octanol–water partition coefficient (Wildman–Crippen LogP) is 2.46. The first kappa shape index (κ1) is 9.40. The molecule has 0 spiro atoms. The highest BCUT2D eigenvalue weighted by Crippen LogP contribution is 2.05. The molecule has 0 amide bonds. The molecular weight excluding hydrogens is 167 g/mol. The van der Waals surface area contributed by atoms with Crippen molar-refractivity contribution in [3.05, 3.63) is 35.4 Å². The maximum atomic E-state index is 12.7. The van der Waals surface area contributed by atoms with E-state index in [0.29, 0.717) is 17.8 Å². The van der Waals surface area contributed by atoms with Gasteiger partial charge in [-0.15, -0.1) is 0 Å². The van der Waals surface area contributed by atoms with Crippen LogP contribution in [-0.4, -0.2) is 4.98 Å². The molecule has 0 atom stereocenters. The van der Waals surface area contributed by atoms with Crippen LogP contribution in [0.5, 0.6) is 0 Å². The zero-order chi connectivity index (χ0) is 9.68. The molecule has 0 aliphatic carbocycles. The average molecular weight is 176 g/mol. The van der Waals surface area contributed by atoms with Gasteiger partial charge in [0.25, 0.3) is 0 Å². The number of hydrogen-bond donors (Lipinski definition) is 0. The van der Waals surface area contributed by atoms with E-state index in [1.54, 1.807) is 25.1 Å². The fourth-order valence-electron chi connectivity index (χ4n) is 0.889. The van der Waals surface area contributed by atoms with Gasteiger partial charge in [0.1, 0.15) is 5.82 Å². The third-order valence-corrected chi connectivity index (χ3v) is 1.54. The molecule has 1 heterocycles. The molecule has 0 aliphatic rings. The van der Waals surface area contributed by atoms with Crippen molar-refractivity contribution in [2.24, 2.45) is 0 Å². The second-order valence-electron chi connectivity index (χ2n) is 2.57. The van der Waals surface area contributed by atoms with E-state index < -0.39 is 0 Å². The fourth-order valence-corrected chi connectivity index (χ4v) is 0.889. The van der Waals surface area contributed by atoms with E-state index in [9.17, 15) is 4.39 Å². The monoisotopic (exact) mass is 176 g/mol. The van der Waals surface area contributed by atoms with Gasteiger partial charge < -0.3 is 0 Å². The van der Waals surface area contributed by atoms with Crippen LogP contribution in [0.1, 0.15) is 17.8 Å². The summed E-state index contributed by atoms with van der Waals surface area (Å²) in [6, 6.07) is 4.92. The van der Waals surface area contributed by atoms with Crippen LogP contribution < -0.4 is 0 Å². The molecule has 66 valence electrons. The summed E-state index contributed by atoms with van der Waals surface area (Å²) in [6.45, 7) is 1.61. The van der Waals surface area contributed by atoms with Crippen LogP contribution in [0.25, 0.3) is 6.08 Å². The van der Waals surface area contributed by atoms with E-state index in [0.717, 1.165) is 0 Å². The zero-order valence-electron chi connectivity index (χ0n) is 7.29. The first-order chi connectivity index (χ1) is 6.24. The van der Waals surface area contributed by atoms with Crippen molar-refractivity contribution in [2.75, 3.05) is 0 Å². The van der Waals surface area contributed by atoms with Gasteiger partial charge in [-0.3, -0.25) is 4.98 Å². The highest BCUT2D eigenvalue weighted by atomic mass is 19.1. The van der Waals surface area contributed by atoms with Crippen LogP contribution in [0, 0.1) is 24.1 Å². The molecule has 0 saturated carbocycles. The molecule has 0 fully saturated rings. The first-order valence-corrected chi connectivity index (χ1v) is 3.90. The summed E-state index contributed by atoms with van der Waals surface area (Å²) in [4.78, 5) is 3.97. The third-order valence-electron chi connectivity index (χ3n) is 1.54. The Balaban J connectivity index is 2.81. The molecule has 0 saturated heterocycles. The lowest BCUT2D eigenvalue weighted by Crippen LogP contribution is -1.89. The quantitative estimate of drug-likeness (QED) is 0.694. The molecule has 0 N–H and O–H groups in total. The number of rotatable bonds is 2. The lowest BCUT2D eigenvalue weighted by Gasteiger charge is -1.96. The topological polar surface area (TPSA) is 36.7 Å². The number of aryl methyl sites for hydroxylation is 1.